The van der Waals surface area contributed by atoms with Crippen LogP contribution in [0.2, 0.25) is 5.02 Å². The lowest BCUT2D eigenvalue weighted by molar-refractivity contribution is -0.121. The first-order valence-corrected chi connectivity index (χ1v) is 11.4. The number of nitrogens with one attached hydrogen (secondary N) is 1. The van der Waals surface area contributed by atoms with Gasteiger partial charge < -0.3 is 10.1 Å². The molecule has 1 N–H and O–H groups in total. The second kappa shape index (κ2) is 9.71. The highest BCUT2D eigenvalue weighted by Gasteiger charge is 2.28. The van der Waals surface area contributed by atoms with Gasteiger partial charge in [0.05, 0.1) is 17.5 Å². The first-order valence-electron chi connectivity index (χ1n) is 9.55. The highest BCUT2D eigenvalue weighted by atomic mass is 35.5. The summed E-state index contributed by atoms with van der Waals surface area (Å²) in [4.78, 5) is 12.7. The van der Waals surface area contributed by atoms with E-state index in [1.807, 2.05) is 6.92 Å². The van der Waals surface area contributed by atoms with Crippen LogP contribution < -0.4 is 5.32 Å². The monoisotopic (exact) mass is 436 g/mol. The molecule has 1 aliphatic rings. The molecule has 29 heavy (non-hydrogen) atoms. The van der Waals surface area contributed by atoms with Crippen molar-refractivity contribution in [1.82, 2.24) is 9.62 Å². The van der Waals surface area contributed by atoms with Gasteiger partial charge in [-0.1, -0.05) is 47.5 Å². The number of sulfonamides is 1. The Kier molecular flexibility index (Phi) is 7.29. The van der Waals surface area contributed by atoms with Crippen molar-refractivity contribution >= 4 is 27.5 Å². The van der Waals surface area contributed by atoms with Crippen molar-refractivity contribution in [3.63, 3.8) is 0 Å². The van der Waals surface area contributed by atoms with Crippen molar-refractivity contribution in [2.45, 2.75) is 37.3 Å². The topological polar surface area (TPSA) is 75.7 Å². The number of hydrogen-bond donors (Lipinski definition) is 1. The van der Waals surface area contributed by atoms with Crippen molar-refractivity contribution < 1.29 is 17.9 Å². The second-order valence-corrected chi connectivity index (χ2v) is 9.46. The maximum atomic E-state index is 13.2. The van der Waals surface area contributed by atoms with Gasteiger partial charge in [-0.15, -0.1) is 0 Å². The fraction of sp³-hybridized carbons (Fsp3) is 0.381. The van der Waals surface area contributed by atoms with E-state index in [-0.39, 0.29) is 30.0 Å². The van der Waals surface area contributed by atoms with Crippen molar-refractivity contribution in [2.24, 2.45) is 0 Å². The normalized spacial score (nSPS) is 16.9. The summed E-state index contributed by atoms with van der Waals surface area (Å²) in [5, 5.41) is 3.24. The summed E-state index contributed by atoms with van der Waals surface area (Å²) >= 11 is 6.23. The molecule has 1 amide bonds. The van der Waals surface area contributed by atoms with E-state index < -0.39 is 10.0 Å². The molecular weight excluding hydrogens is 412 g/mol. The lowest BCUT2D eigenvalue weighted by Crippen LogP contribution is -2.42. The number of carbonyl (C=O) groups is 1. The number of halogens is 1. The van der Waals surface area contributed by atoms with Gasteiger partial charge in [-0.25, -0.2) is 8.42 Å². The molecule has 0 unspecified atom stereocenters. The van der Waals surface area contributed by atoms with Gasteiger partial charge in [-0.05, 0) is 43.5 Å². The maximum Gasteiger partial charge on any atom is 0.243 e. The maximum absolute atomic E-state index is 13.2. The SMILES string of the molecule is Cc1ccc(S(=O)(=O)N(CC(=O)NC[C@@H]2CCCO2)Cc2ccccc2Cl)cc1. The van der Waals surface area contributed by atoms with Gasteiger partial charge in [0.2, 0.25) is 15.9 Å². The van der Waals surface area contributed by atoms with Gasteiger partial charge in [0, 0.05) is 24.7 Å². The van der Waals surface area contributed by atoms with Crippen LogP contribution in [-0.4, -0.2) is 44.4 Å². The molecule has 1 fully saturated rings. The number of rotatable bonds is 8. The molecule has 6 nitrogen and oxygen atoms in total. The van der Waals surface area contributed by atoms with Crippen molar-refractivity contribution in [2.75, 3.05) is 19.7 Å². The second-order valence-electron chi connectivity index (χ2n) is 7.12. The van der Waals surface area contributed by atoms with E-state index in [1.54, 1.807) is 48.5 Å². The molecule has 2 aromatic carbocycles. The van der Waals surface area contributed by atoms with Crippen LogP contribution in [-0.2, 0) is 26.1 Å². The zero-order valence-corrected chi connectivity index (χ0v) is 17.9. The standard InChI is InChI=1S/C21H25ClN2O4S/c1-16-8-10-19(11-9-16)29(26,27)24(14-17-5-2-3-7-20(17)22)15-21(25)23-13-18-6-4-12-28-18/h2-3,5,7-11,18H,4,6,12-15H2,1H3,(H,23,25)/t18-/m0/s1. The quantitative estimate of drug-likeness (QED) is 0.689. The summed E-state index contributed by atoms with van der Waals surface area (Å²) in [6, 6.07) is 13.6. The Hall–Kier alpha value is -1.93. The minimum absolute atomic E-state index is 0.00321. The molecule has 156 valence electrons. The molecule has 2 aromatic rings. The van der Waals surface area contributed by atoms with Crippen LogP contribution >= 0.6 is 11.6 Å². The van der Waals surface area contributed by atoms with E-state index in [9.17, 15) is 13.2 Å². The van der Waals surface area contributed by atoms with E-state index in [0.29, 0.717) is 23.7 Å². The van der Waals surface area contributed by atoms with Crippen LogP contribution in [0.3, 0.4) is 0 Å². The average molecular weight is 437 g/mol. The summed E-state index contributed by atoms with van der Waals surface area (Å²) in [7, 11) is -3.88. The smallest absolute Gasteiger partial charge is 0.243 e. The van der Waals surface area contributed by atoms with E-state index in [0.717, 1.165) is 22.7 Å². The summed E-state index contributed by atoms with van der Waals surface area (Å²) in [5.41, 5.74) is 1.59. The zero-order valence-electron chi connectivity index (χ0n) is 16.3. The van der Waals surface area contributed by atoms with Gasteiger partial charge >= 0.3 is 0 Å². The van der Waals surface area contributed by atoms with Crippen LogP contribution in [0, 0.1) is 6.92 Å². The Bertz CT molecular complexity index is 941. The van der Waals surface area contributed by atoms with Crippen molar-refractivity contribution in [3.8, 4) is 0 Å². The molecule has 0 bridgehead atoms. The predicted molar refractivity (Wildman–Crippen MR) is 112 cm³/mol. The molecule has 1 atom stereocenters. The lowest BCUT2D eigenvalue weighted by Gasteiger charge is -2.23. The molecular formula is C21H25ClN2O4S. The largest absolute Gasteiger partial charge is 0.376 e. The van der Waals surface area contributed by atoms with E-state index in [4.69, 9.17) is 16.3 Å². The number of ether oxygens (including phenoxy) is 1. The van der Waals surface area contributed by atoms with E-state index >= 15 is 0 Å². The molecule has 0 aliphatic carbocycles. The molecule has 0 radical (unpaired) electrons. The molecule has 1 heterocycles. The first kappa shape index (κ1) is 21.8. The fourth-order valence-corrected chi connectivity index (χ4v) is 4.72. The number of amides is 1. The van der Waals surface area contributed by atoms with Gasteiger partial charge in [-0.3, -0.25) is 4.79 Å². The Balaban J connectivity index is 1.79. The molecule has 8 heteroatoms. The van der Waals surface area contributed by atoms with Crippen molar-refractivity contribution in [3.05, 3.63) is 64.7 Å². The van der Waals surface area contributed by atoms with E-state index in [1.165, 1.54) is 0 Å². The van der Waals surface area contributed by atoms with Crippen LogP contribution in [0.15, 0.2) is 53.4 Å². The summed E-state index contributed by atoms with van der Waals surface area (Å²) in [6.07, 6.45) is 1.86. The molecule has 1 saturated heterocycles. The Morgan fingerprint density at radius 2 is 1.93 bits per heavy atom. The fourth-order valence-electron chi connectivity index (χ4n) is 3.15. The van der Waals surface area contributed by atoms with Crippen LogP contribution in [0.4, 0.5) is 0 Å². The molecule has 0 aromatic heterocycles. The molecule has 0 spiro atoms. The van der Waals surface area contributed by atoms with Crippen LogP contribution in [0.5, 0.6) is 0 Å². The predicted octanol–water partition coefficient (Wildman–Crippen LogP) is 3.13. The van der Waals surface area contributed by atoms with Gasteiger partial charge in [0.15, 0.2) is 0 Å². The third-order valence-electron chi connectivity index (χ3n) is 4.83. The Labute approximate surface area is 176 Å². The highest BCUT2D eigenvalue weighted by molar-refractivity contribution is 7.89. The Morgan fingerprint density at radius 3 is 2.59 bits per heavy atom. The highest BCUT2D eigenvalue weighted by Crippen LogP contribution is 2.22. The number of hydrogen-bond acceptors (Lipinski definition) is 4. The zero-order chi connectivity index (χ0) is 20.9. The molecule has 1 aliphatic heterocycles. The number of nitrogens with zero attached hydrogens (tertiary/aromatic N) is 1. The number of aryl methyl sites for hydroxylation is 1. The summed E-state index contributed by atoms with van der Waals surface area (Å²) < 4.78 is 33.1. The minimum atomic E-state index is -3.88. The number of carbonyl (C=O) groups excluding carboxylic acids is 1. The third kappa shape index (κ3) is 5.79. The van der Waals surface area contributed by atoms with Crippen LogP contribution in [0.25, 0.3) is 0 Å². The minimum Gasteiger partial charge on any atom is -0.376 e. The van der Waals surface area contributed by atoms with Gasteiger partial charge in [0.25, 0.3) is 0 Å². The van der Waals surface area contributed by atoms with Gasteiger partial charge in [0.1, 0.15) is 0 Å². The summed E-state index contributed by atoms with van der Waals surface area (Å²) in [5.74, 6) is -0.372. The first-order chi connectivity index (χ1) is 13.9. The van der Waals surface area contributed by atoms with Gasteiger partial charge in [-0.2, -0.15) is 4.31 Å². The molecule has 0 saturated carbocycles. The average Bonchev–Trinajstić information content (AvgIpc) is 3.21. The molecule has 3 rings (SSSR count). The van der Waals surface area contributed by atoms with E-state index in [2.05, 4.69) is 5.32 Å². The number of benzene rings is 2. The third-order valence-corrected chi connectivity index (χ3v) is 7.01. The van der Waals surface area contributed by atoms with Crippen molar-refractivity contribution in [1.29, 1.82) is 0 Å². The lowest BCUT2D eigenvalue weighted by atomic mass is 10.2. The Morgan fingerprint density at radius 1 is 1.21 bits per heavy atom. The van der Waals surface area contributed by atoms with Crippen LogP contribution in [0.1, 0.15) is 24.0 Å². The summed E-state index contributed by atoms with van der Waals surface area (Å²) in [6.45, 7) is 2.66.